The molecule has 19 heavy (non-hydrogen) atoms. The lowest BCUT2D eigenvalue weighted by Gasteiger charge is -2.27. The van der Waals surface area contributed by atoms with Crippen molar-refractivity contribution in [3.63, 3.8) is 0 Å². The van der Waals surface area contributed by atoms with Crippen LogP contribution in [0.15, 0.2) is 12.1 Å². The number of amides is 1. The van der Waals surface area contributed by atoms with Crippen LogP contribution in [-0.2, 0) is 11.2 Å². The van der Waals surface area contributed by atoms with Gasteiger partial charge in [-0.05, 0) is 44.4 Å². The summed E-state index contributed by atoms with van der Waals surface area (Å²) in [4.78, 5) is 12.3. The number of carbonyl (C=O) groups excluding carboxylic acids is 1. The third kappa shape index (κ3) is 3.00. The average Bonchev–Trinajstić information content (AvgIpc) is 2.39. The molecule has 2 aliphatic rings. The van der Waals surface area contributed by atoms with Crippen LogP contribution >= 0.6 is 7.26 Å². The van der Waals surface area contributed by atoms with Crippen molar-refractivity contribution in [1.29, 1.82) is 0 Å². The van der Waals surface area contributed by atoms with Gasteiger partial charge in [0.25, 0.3) is 5.91 Å². The first-order valence-electron chi connectivity index (χ1n) is 7.25. The average molecular weight is 278 g/mol. The largest absolute Gasteiger partial charge is 0.322 e. The first kappa shape index (κ1) is 14.5. The van der Waals surface area contributed by atoms with Crippen LogP contribution in [0.3, 0.4) is 0 Å². The van der Waals surface area contributed by atoms with Crippen molar-refractivity contribution in [3.05, 3.63) is 28.8 Å². The van der Waals surface area contributed by atoms with Gasteiger partial charge in [0.15, 0.2) is 0 Å². The molecule has 0 atom stereocenters. The maximum absolute atomic E-state index is 12.3. The number of benzene rings is 1. The maximum atomic E-state index is 12.3. The highest BCUT2D eigenvalue weighted by atomic mass is 31.2. The molecule has 104 valence electrons. The molecule has 0 aromatic heterocycles. The van der Waals surface area contributed by atoms with Gasteiger partial charge < -0.3 is 5.32 Å². The van der Waals surface area contributed by atoms with Crippen LogP contribution in [0, 0.1) is 13.8 Å². The molecule has 2 nitrogen and oxygen atoms in total. The van der Waals surface area contributed by atoms with Gasteiger partial charge in [-0.15, -0.1) is 0 Å². The van der Waals surface area contributed by atoms with Gasteiger partial charge in [-0.2, -0.15) is 0 Å². The summed E-state index contributed by atoms with van der Waals surface area (Å²) in [6.45, 7) is 8.70. The van der Waals surface area contributed by atoms with E-state index < -0.39 is 7.26 Å². The molecule has 2 bridgehead atoms. The molecule has 2 aliphatic heterocycles. The van der Waals surface area contributed by atoms with E-state index in [1.54, 1.807) is 0 Å². The maximum Gasteiger partial charge on any atom is 0.261 e. The Hall–Kier alpha value is -0.880. The van der Waals surface area contributed by atoms with E-state index in [1.807, 2.05) is 0 Å². The Morgan fingerprint density at radius 2 is 1.74 bits per heavy atom. The molecule has 0 saturated carbocycles. The summed E-state index contributed by atoms with van der Waals surface area (Å²) in [7, 11) is -1.10. The number of hydrogen-bond acceptors (Lipinski definition) is 1. The summed E-state index contributed by atoms with van der Waals surface area (Å²) >= 11 is 0. The second-order valence-corrected chi connectivity index (χ2v) is 10.5. The lowest BCUT2D eigenvalue weighted by atomic mass is 10.0. The Morgan fingerprint density at radius 1 is 1.16 bits per heavy atom. The zero-order valence-electron chi connectivity index (χ0n) is 12.5. The number of hydrogen-bond donors (Lipinski definition) is 1. The van der Waals surface area contributed by atoms with Crippen molar-refractivity contribution in [1.82, 2.24) is 0 Å². The number of aryl methyl sites for hydroxylation is 3. The fourth-order valence-corrected chi connectivity index (χ4v) is 6.19. The first-order valence-corrected chi connectivity index (χ1v) is 9.77. The molecule has 3 rings (SSSR count). The normalized spacial score (nSPS) is 18.2. The van der Waals surface area contributed by atoms with E-state index in [0.717, 1.165) is 18.3 Å². The Balaban J connectivity index is 2.42. The molecule has 0 spiro atoms. The summed E-state index contributed by atoms with van der Waals surface area (Å²) in [5.74, 6) is 0.220. The molecule has 0 radical (unpaired) electrons. The van der Waals surface area contributed by atoms with Crippen LogP contribution in [0.25, 0.3) is 0 Å². The standard InChI is InChI=1S/C16H24NOP/c1-5-19(6-2)8-7-14-9-12(3)16(13(4)10-14)17-15(18)11-19/h9-10H,5-8,11H2,1-4H3/p+1. The minimum absolute atomic E-state index is 0.220. The zero-order valence-corrected chi connectivity index (χ0v) is 13.4. The second kappa shape index (κ2) is 5.63. The predicted octanol–water partition coefficient (Wildman–Crippen LogP) is 3.86. The van der Waals surface area contributed by atoms with Crippen molar-refractivity contribution < 1.29 is 4.79 Å². The Morgan fingerprint density at radius 3 is 2.26 bits per heavy atom. The number of carbonyl (C=O) groups is 1. The smallest absolute Gasteiger partial charge is 0.261 e. The fourth-order valence-electron chi connectivity index (χ4n) is 3.09. The number of nitrogens with one attached hydrogen (secondary N) is 1. The summed E-state index contributed by atoms with van der Waals surface area (Å²) in [6.07, 6.45) is 5.48. The molecule has 1 aromatic carbocycles. The van der Waals surface area contributed by atoms with Crippen LogP contribution < -0.4 is 5.32 Å². The van der Waals surface area contributed by atoms with Gasteiger partial charge in [-0.25, -0.2) is 0 Å². The van der Waals surface area contributed by atoms with Gasteiger partial charge in [0.2, 0.25) is 0 Å². The van der Waals surface area contributed by atoms with Gasteiger partial charge in [0, 0.05) is 19.4 Å². The summed E-state index contributed by atoms with van der Waals surface area (Å²) < 4.78 is 0. The molecule has 1 amide bonds. The first-order chi connectivity index (χ1) is 8.99. The minimum Gasteiger partial charge on any atom is -0.322 e. The third-order valence-electron chi connectivity index (χ3n) is 4.55. The highest BCUT2D eigenvalue weighted by molar-refractivity contribution is 7.76. The molecule has 3 heteroatoms. The van der Waals surface area contributed by atoms with Gasteiger partial charge in [0.05, 0.1) is 18.5 Å². The Bertz CT molecular complexity index is 469. The lowest BCUT2D eigenvalue weighted by Crippen LogP contribution is -2.24. The number of anilines is 1. The van der Waals surface area contributed by atoms with Crippen molar-refractivity contribution in [2.24, 2.45) is 0 Å². The van der Waals surface area contributed by atoms with E-state index in [0.29, 0.717) is 0 Å². The van der Waals surface area contributed by atoms with Gasteiger partial charge >= 0.3 is 0 Å². The number of fused-ring (bicyclic) bond motifs is 7. The second-order valence-electron chi connectivity index (χ2n) is 5.76. The molecule has 0 fully saturated rings. The molecule has 0 unspecified atom stereocenters. The Labute approximate surface area is 117 Å². The molecular weight excluding hydrogens is 253 g/mol. The molecular formula is C16H25NOP+. The van der Waals surface area contributed by atoms with Gasteiger partial charge in [-0.3, -0.25) is 4.79 Å². The molecule has 0 aliphatic carbocycles. The van der Waals surface area contributed by atoms with Crippen LogP contribution in [-0.4, -0.2) is 30.6 Å². The van der Waals surface area contributed by atoms with Crippen LogP contribution in [0.4, 0.5) is 5.69 Å². The van der Waals surface area contributed by atoms with Crippen LogP contribution in [0.5, 0.6) is 0 Å². The molecule has 1 aromatic rings. The lowest BCUT2D eigenvalue weighted by molar-refractivity contribution is -0.113. The monoisotopic (exact) mass is 278 g/mol. The zero-order chi connectivity index (χ0) is 14.0. The minimum atomic E-state index is -1.10. The fraction of sp³-hybridized carbons (Fsp3) is 0.562. The summed E-state index contributed by atoms with van der Waals surface area (Å²) in [5.41, 5.74) is 4.85. The molecule has 1 N–H and O–H groups in total. The van der Waals surface area contributed by atoms with E-state index in [-0.39, 0.29) is 5.91 Å². The highest BCUT2D eigenvalue weighted by Crippen LogP contribution is 2.58. The van der Waals surface area contributed by atoms with E-state index >= 15 is 0 Å². The third-order valence-corrected chi connectivity index (χ3v) is 9.37. The van der Waals surface area contributed by atoms with E-state index in [2.05, 4.69) is 45.1 Å². The molecule has 2 heterocycles. The van der Waals surface area contributed by atoms with E-state index in [9.17, 15) is 4.79 Å². The number of rotatable bonds is 2. The van der Waals surface area contributed by atoms with E-state index in [4.69, 9.17) is 0 Å². The Kier molecular flexibility index (Phi) is 4.30. The van der Waals surface area contributed by atoms with Crippen molar-refractivity contribution in [2.75, 3.05) is 30.0 Å². The molecule has 0 saturated heterocycles. The van der Waals surface area contributed by atoms with Crippen LogP contribution in [0.1, 0.15) is 30.5 Å². The summed E-state index contributed by atoms with van der Waals surface area (Å²) in [5, 5.41) is 3.15. The quantitative estimate of drug-likeness (QED) is 0.818. The van der Waals surface area contributed by atoms with Crippen molar-refractivity contribution >= 4 is 18.9 Å². The van der Waals surface area contributed by atoms with Gasteiger partial charge in [-0.1, -0.05) is 12.1 Å². The SMILES string of the molecule is CC[P+]1(CC)CCc2cc(C)c(c(C)c2)NC(=O)C1. The van der Waals surface area contributed by atoms with E-state index in [1.165, 1.54) is 35.2 Å². The highest BCUT2D eigenvalue weighted by Gasteiger charge is 2.36. The van der Waals surface area contributed by atoms with Crippen molar-refractivity contribution in [3.8, 4) is 0 Å². The van der Waals surface area contributed by atoms with Crippen LogP contribution in [0.2, 0.25) is 0 Å². The topological polar surface area (TPSA) is 29.1 Å². The predicted molar refractivity (Wildman–Crippen MR) is 86.0 cm³/mol. The summed E-state index contributed by atoms with van der Waals surface area (Å²) in [6, 6.07) is 4.49. The van der Waals surface area contributed by atoms with Crippen molar-refractivity contribution in [2.45, 2.75) is 34.1 Å². The van der Waals surface area contributed by atoms with Gasteiger partial charge in [0.1, 0.15) is 6.16 Å².